The Labute approximate surface area is 611 Å². The fourth-order valence-electron chi connectivity index (χ4n) is 15.5. The molecule has 0 radical (unpaired) electrons. The van der Waals surface area contributed by atoms with Gasteiger partial charge < -0.3 is 37.9 Å². The van der Waals surface area contributed by atoms with E-state index in [-0.39, 0.29) is 106 Å². The standard InChI is InChI=1S/2C13H22O2.2C11H18O2.2C10H16O2.C9H14O2.C8H12O2/c1-6-11(14)15-10-7-12(2,3)9-13(4,5)8-10;1-5-12(14)15-11-8-6-10(7-9-11)13(2,3)4;1-4-11(12)13-10-6-8(2)5-9(3)7-10;1-4-11(12)13-10-7-5-6-8(2)9(10)3;1-3-10(11)12-9-6-4-5-8(2)7-9;1-3-9(11)12-10(2)7-5-4-6-8-10;1-3-8(10)11-9(2)6-4-5-7-9;1-2-8(9)10-7-5-3-4-6-7/h6,10H,1,7-9H2,2-5H3;5,10-11H,1,6-9H2,2-4H3;2*4,8-10H,1,5-7H2,2-3H3;3,8-9H,1,4-7H2,2H3;3H,1,4-8H2,2H3;3H,1,4-7H2,2H3;2,7H,1,3-6H2. The van der Waals surface area contributed by atoms with Crippen LogP contribution in [0.3, 0.4) is 0 Å². The monoisotopic (exact) mass is 1410 g/mol. The number of ether oxygens (including phenoxy) is 8. The van der Waals surface area contributed by atoms with Crippen molar-refractivity contribution in [1.82, 2.24) is 0 Å². The van der Waals surface area contributed by atoms with Gasteiger partial charge in [0.25, 0.3) is 0 Å². The molecule has 7 atom stereocenters. The van der Waals surface area contributed by atoms with Crippen LogP contribution in [0.5, 0.6) is 0 Å². The summed E-state index contributed by atoms with van der Waals surface area (Å²) in [7, 11) is 0. The van der Waals surface area contributed by atoms with E-state index < -0.39 is 0 Å². The van der Waals surface area contributed by atoms with Gasteiger partial charge in [-0.15, -0.1) is 0 Å². The molecule has 7 unspecified atom stereocenters. The van der Waals surface area contributed by atoms with Crippen molar-refractivity contribution in [2.75, 3.05) is 0 Å². The van der Waals surface area contributed by atoms with Crippen LogP contribution in [0.15, 0.2) is 101 Å². The molecule has 0 aromatic rings. The Morgan fingerprint density at radius 3 is 1.07 bits per heavy atom. The minimum absolute atomic E-state index is 0.0502. The first-order valence-corrected chi connectivity index (χ1v) is 38.0. The summed E-state index contributed by atoms with van der Waals surface area (Å²) in [4.78, 5) is 87.4. The SMILES string of the molecule is C=CC(=O)OC1(C)CCCC1.C=CC(=O)OC1(C)CCCCC1.C=CC(=O)OC1CC(C)(C)CC(C)(C)C1.C=CC(=O)OC1CC(C)CC(C)C1.C=CC(=O)OC1CCC(C(C)(C)C)CC1.C=CC(=O)OC1CCCC(C)C1.C=CC(=O)OC1CCCC(C)C1C.C=CC(=O)OC1CCCC1. The summed E-state index contributed by atoms with van der Waals surface area (Å²) in [5.74, 6) is 1.64. The highest BCUT2D eigenvalue weighted by atomic mass is 16.6. The van der Waals surface area contributed by atoms with Crippen LogP contribution in [-0.2, 0) is 76.3 Å². The smallest absolute Gasteiger partial charge is 0.330 e. The van der Waals surface area contributed by atoms with E-state index in [4.69, 9.17) is 37.9 Å². The van der Waals surface area contributed by atoms with Gasteiger partial charge in [0.15, 0.2) is 0 Å². The molecule has 0 spiro atoms. The van der Waals surface area contributed by atoms with Crippen molar-refractivity contribution >= 4 is 47.8 Å². The topological polar surface area (TPSA) is 210 Å². The molecule has 8 aliphatic carbocycles. The second-order valence-electron chi connectivity index (χ2n) is 32.8. The summed E-state index contributed by atoms with van der Waals surface area (Å²) in [6.07, 6.45) is 43.5. The molecule has 0 heterocycles. The highest BCUT2D eigenvalue weighted by Crippen LogP contribution is 2.47. The molecule has 0 aromatic carbocycles. The van der Waals surface area contributed by atoms with E-state index in [0.29, 0.717) is 35.0 Å². The molecule has 0 aliphatic heterocycles. The van der Waals surface area contributed by atoms with Crippen molar-refractivity contribution in [2.24, 2.45) is 51.8 Å². The van der Waals surface area contributed by atoms with Crippen molar-refractivity contribution < 1.29 is 76.3 Å². The molecule has 0 saturated heterocycles. The predicted octanol–water partition coefficient (Wildman–Crippen LogP) is 20.2. The Balaban J connectivity index is 0.000000579. The van der Waals surface area contributed by atoms with Crippen molar-refractivity contribution in [3.63, 3.8) is 0 Å². The number of carbonyl (C=O) groups is 8. The molecule has 8 saturated carbocycles. The maximum absolute atomic E-state index is 11.2. The average Bonchev–Trinajstić information content (AvgIpc) is 1.42. The summed E-state index contributed by atoms with van der Waals surface area (Å²) in [5, 5.41) is 0. The van der Waals surface area contributed by atoms with Gasteiger partial charge in [-0.25, -0.2) is 38.4 Å². The number of carbonyl (C=O) groups excluding carboxylic acids is 8. The molecule has 0 N–H and O–H groups in total. The molecule has 0 aromatic heterocycles. The second-order valence-corrected chi connectivity index (χ2v) is 32.8. The van der Waals surface area contributed by atoms with Gasteiger partial charge in [-0.05, 0) is 239 Å². The molecule has 8 rings (SSSR count). The van der Waals surface area contributed by atoms with Crippen LogP contribution in [-0.4, -0.2) is 95.6 Å². The van der Waals surface area contributed by atoms with Gasteiger partial charge in [0.05, 0.1) is 0 Å². The zero-order valence-electron chi connectivity index (χ0n) is 65.4. The third-order valence-electron chi connectivity index (χ3n) is 20.7. The van der Waals surface area contributed by atoms with E-state index in [2.05, 4.69) is 136 Å². The van der Waals surface area contributed by atoms with E-state index in [1.165, 1.54) is 145 Å². The molecule has 574 valence electrons. The normalized spacial score (nSPS) is 26.6. The molecular weight excluding hydrogens is 1280 g/mol. The summed E-state index contributed by atoms with van der Waals surface area (Å²) in [6.45, 7) is 57.9. The molecular formula is C85H138O16. The fourth-order valence-corrected chi connectivity index (χ4v) is 15.5. The molecule has 8 fully saturated rings. The van der Waals surface area contributed by atoms with E-state index in [1.807, 2.05) is 13.8 Å². The van der Waals surface area contributed by atoms with Crippen molar-refractivity contribution in [1.29, 1.82) is 0 Å². The highest BCUT2D eigenvalue weighted by Gasteiger charge is 2.40. The summed E-state index contributed by atoms with van der Waals surface area (Å²) < 4.78 is 41.7. The lowest BCUT2D eigenvalue weighted by atomic mass is 9.64. The second kappa shape index (κ2) is 47.8. The van der Waals surface area contributed by atoms with Gasteiger partial charge in [-0.3, -0.25) is 0 Å². The third-order valence-corrected chi connectivity index (χ3v) is 20.7. The maximum atomic E-state index is 11.2. The quantitative estimate of drug-likeness (QED) is 0.0799. The molecule has 16 nitrogen and oxygen atoms in total. The number of hydrogen-bond donors (Lipinski definition) is 0. The van der Waals surface area contributed by atoms with Crippen LogP contribution < -0.4 is 0 Å². The van der Waals surface area contributed by atoms with Gasteiger partial charge in [0.1, 0.15) is 47.8 Å². The lowest BCUT2D eigenvalue weighted by molar-refractivity contribution is -0.155. The Bertz CT molecular complexity index is 2570. The Morgan fingerprint density at radius 1 is 0.337 bits per heavy atom. The minimum Gasteiger partial charge on any atom is -0.459 e. The van der Waals surface area contributed by atoms with Crippen molar-refractivity contribution in [3.05, 3.63) is 101 Å². The van der Waals surface area contributed by atoms with Crippen LogP contribution >= 0.6 is 0 Å². The number of esters is 8. The van der Waals surface area contributed by atoms with Gasteiger partial charge in [-0.1, -0.05) is 155 Å². The van der Waals surface area contributed by atoms with Gasteiger partial charge in [-0.2, -0.15) is 0 Å². The van der Waals surface area contributed by atoms with Crippen LogP contribution in [0.25, 0.3) is 0 Å². The molecule has 101 heavy (non-hydrogen) atoms. The minimum atomic E-state index is -0.298. The fraction of sp³-hybridized carbons (Fsp3) is 0.718. The highest BCUT2D eigenvalue weighted by molar-refractivity contribution is 5.84. The third kappa shape index (κ3) is 41.5. The van der Waals surface area contributed by atoms with Gasteiger partial charge in [0, 0.05) is 48.6 Å². The molecule has 8 aliphatic rings. The zero-order chi connectivity index (χ0) is 76.6. The first kappa shape index (κ1) is 92.7. The zero-order valence-corrected chi connectivity index (χ0v) is 65.4. The van der Waals surface area contributed by atoms with Crippen molar-refractivity contribution in [3.8, 4) is 0 Å². The Hall–Kier alpha value is -6.32. The first-order valence-electron chi connectivity index (χ1n) is 38.0. The average molecular weight is 1420 g/mol. The lowest BCUT2D eigenvalue weighted by Crippen LogP contribution is -2.38. The first-order chi connectivity index (χ1) is 47.3. The number of hydrogen-bond acceptors (Lipinski definition) is 16. The predicted molar refractivity (Wildman–Crippen MR) is 405 cm³/mol. The van der Waals surface area contributed by atoms with Gasteiger partial charge >= 0.3 is 47.8 Å². The summed E-state index contributed by atoms with van der Waals surface area (Å²) >= 11 is 0. The lowest BCUT2D eigenvalue weighted by Gasteiger charge is -2.44. The van der Waals surface area contributed by atoms with E-state index in [9.17, 15) is 38.4 Å². The Kier molecular flexibility index (Phi) is 43.9. The number of rotatable bonds is 16. The van der Waals surface area contributed by atoms with E-state index >= 15 is 0 Å². The van der Waals surface area contributed by atoms with Crippen molar-refractivity contribution in [2.45, 2.75) is 337 Å². The van der Waals surface area contributed by atoms with E-state index in [0.717, 1.165) is 102 Å². The van der Waals surface area contributed by atoms with Crippen LogP contribution in [0.4, 0.5) is 0 Å². The van der Waals surface area contributed by atoms with E-state index in [1.54, 1.807) is 0 Å². The summed E-state index contributed by atoms with van der Waals surface area (Å²) in [5.41, 5.74) is 0.476. The van der Waals surface area contributed by atoms with Crippen LogP contribution in [0.1, 0.15) is 290 Å². The van der Waals surface area contributed by atoms with Crippen LogP contribution in [0, 0.1) is 51.8 Å². The van der Waals surface area contributed by atoms with Crippen LogP contribution in [0.2, 0.25) is 0 Å². The largest absolute Gasteiger partial charge is 0.459 e. The molecule has 16 heteroatoms. The summed E-state index contributed by atoms with van der Waals surface area (Å²) in [6, 6.07) is 0. The molecule has 0 bridgehead atoms. The maximum Gasteiger partial charge on any atom is 0.330 e. The Morgan fingerprint density at radius 2 is 0.673 bits per heavy atom. The van der Waals surface area contributed by atoms with Gasteiger partial charge in [0.2, 0.25) is 0 Å². The molecule has 0 amide bonds.